The van der Waals surface area contributed by atoms with Crippen LogP contribution in [0.15, 0.2) is 11.8 Å². The van der Waals surface area contributed by atoms with Crippen LogP contribution in [0.1, 0.15) is 0 Å². The minimum Gasteiger partial charge on any atom is -0.285 e. The molecule has 0 bridgehead atoms. The Labute approximate surface area is 34.8 Å². The molecule has 0 aliphatic rings. The molecule has 0 amide bonds. The predicted octanol–water partition coefficient (Wildman–Crippen LogP) is -0.361. The van der Waals surface area contributed by atoms with Gasteiger partial charge < -0.3 is 0 Å². The third-order valence-electron chi connectivity index (χ3n) is 0.190. The molecular formula is C4HO2. The molecule has 2 heteroatoms. The van der Waals surface area contributed by atoms with Gasteiger partial charge in [-0.05, 0) is 5.73 Å². The lowest BCUT2D eigenvalue weighted by Gasteiger charge is -1.38. The largest absolute Gasteiger partial charge is 0.285 e. The summed E-state index contributed by atoms with van der Waals surface area (Å²) < 4.78 is 0. The zero-order chi connectivity index (χ0) is 4.83. The molecule has 0 fully saturated rings. The van der Waals surface area contributed by atoms with Crippen LogP contribution in [0.25, 0.3) is 0 Å². The Morgan fingerprint density at radius 3 is 2.17 bits per heavy atom. The summed E-state index contributed by atoms with van der Waals surface area (Å²) in [5.41, 5.74) is 1.84. The highest BCUT2D eigenvalue weighted by Crippen LogP contribution is 1.43. The zero-order valence-electron chi connectivity index (χ0n) is 2.89. The van der Waals surface area contributed by atoms with Crippen molar-refractivity contribution in [2.24, 2.45) is 0 Å². The molecule has 0 aromatic carbocycles. The van der Waals surface area contributed by atoms with Crippen LogP contribution in [0.2, 0.25) is 0 Å². The fourth-order valence-electron chi connectivity index (χ4n) is 0.0589. The van der Waals surface area contributed by atoms with E-state index in [1.54, 1.807) is 0 Å². The first-order valence-corrected chi connectivity index (χ1v) is 1.24. The van der Waals surface area contributed by atoms with Crippen LogP contribution in [0.4, 0.5) is 0 Å². The maximum absolute atomic E-state index is 9.14. The minimum absolute atomic E-state index is 0.826. The molecule has 1 radical (unpaired) electrons. The normalized spacial score (nSPS) is 4.67. The second-order valence-corrected chi connectivity index (χ2v) is 0.509. The van der Waals surface area contributed by atoms with Gasteiger partial charge in [-0.3, -0.25) is 4.79 Å². The van der Waals surface area contributed by atoms with Crippen molar-refractivity contribution < 1.29 is 9.59 Å². The minimum atomic E-state index is 0.826. The highest BCUT2D eigenvalue weighted by Gasteiger charge is 1.52. The van der Waals surface area contributed by atoms with Crippen LogP contribution in [0.5, 0.6) is 0 Å². The van der Waals surface area contributed by atoms with E-state index in [0.29, 0.717) is 0 Å². The Morgan fingerprint density at radius 2 is 2.00 bits per heavy atom. The Kier molecular flexibility index (Phi) is 3.19. The lowest BCUT2D eigenvalue weighted by atomic mass is 10.7. The molecule has 6 heavy (non-hydrogen) atoms. The van der Waals surface area contributed by atoms with Crippen LogP contribution < -0.4 is 0 Å². The lowest BCUT2D eigenvalue weighted by Crippen LogP contribution is -1.49. The molecule has 0 atom stereocenters. The van der Waals surface area contributed by atoms with E-state index in [0.717, 1.165) is 6.08 Å². The van der Waals surface area contributed by atoms with E-state index in [-0.39, 0.29) is 0 Å². The third-order valence-corrected chi connectivity index (χ3v) is 0.190. The topological polar surface area (TPSA) is 34.1 Å². The van der Waals surface area contributed by atoms with E-state index in [1.807, 2.05) is 5.73 Å². The third kappa shape index (κ3) is 2.90. The van der Waals surface area contributed by atoms with Gasteiger partial charge in [0, 0.05) is 6.08 Å². The van der Waals surface area contributed by atoms with Gasteiger partial charge in [0.05, 0.1) is 0 Å². The fourth-order valence-corrected chi connectivity index (χ4v) is 0.0589. The van der Waals surface area contributed by atoms with Crippen molar-refractivity contribution in [3.05, 3.63) is 11.8 Å². The molecule has 0 aromatic rings. The predicted molar refractivity (Wildman–Crippen MR) is 19.5 cm³/mol. The van der Waals surface area contributed by atoms with E-state index in [9.17, 15) is 0 Å². The van der Waals surface area contributed by atoms with Gasteiger partial charge in [-0.25, -0.2) is 4.79 Å². The van der Waals surface area contributed by atoms with Gasteiger partial charge in [0.25, 0.3) is 0 Å². The molecule has 0 aliphatic carbocycles. The second kappa shape index (κ2) is 3.90. The summed E-state index contributed by atoms with van der Waals surface area (Å²) >= 11 is 0. The van der Waals surface area contributed by atoms with Crippen molar-refractivity contribution in [3.63, 3.8) is 0 Å². The molecule has 0 spiro atoms. The van der Waals surface area contributed by atoms with Gasteiger partial charge in [0.15, 0.2) is 5.94 Å². The zero-order valence-corrected chi connectivity index (χ0v) is 2.89. The van der Waals surface area contributed by atoms with Gasteiger partial charge in [-0.15, -0.1) is 0 Å². The summed E-state index contributed by atoms with van der Waals surface area (Å²) in [6, 6.07) is 0. The van der Waals surface area contributed by atoms with E-state index in [4.69, 9.17) is 9.59 Å². The summed E-state index contributed by atoms with van der Waals surface area (Å²) in [4.78, 5) is 18.3. The van der Waals surface area contributed by atoms with Crippen LogP contribution >= 0.6 is 0 Å². The van der Waals surface area contributed by atoms with Gasteiger partial charge in [-0.1, -0.05) is 0 Å². The van der Waals surface area contributed by atoms with Gasteiger partial charge >= 0.3 is 0 Å². The maximum atomic E-state index is 9.14. The van der Waals surface area contributed by atoms with Crippen molar-refractivity contribution in [1.29, 1.82) is 0 Å². The van der Waals surface area contributed by atoms with Gasteiger partial charge in [-0.2, -0.15) is 0 Å². The van der Waals surface area contributed by atoms with Crippen LogP contribution in [-0.4, -0.2) is 12.2 Å². The Morgan fingerprint density at radius 1 is 1.33 bits per heavy atom. The summed E-state index contributed by atoms with van der Waals surface area (Å²) in [5.74, 6) is 1.25. The van der Waals surface area contributed by atoms with Gasteiger partial charge in [0.1, 0.15) is 0 Å². The highest BCUT2D eigenvalue weighted by atomic mass is 16.1. The first-order chi connectivity index (χ1) is 2.91. The summed E-state index contributed by atoms with van der Waals surface area (Å²) in [5, 5.41) is 0. The van der Waals surface area contributed by atoms with E-state index in [1.165, 1.54) is 12.2 Å². The molecular weight excluding hydrogens is 80.0 g/mol. The molecule has 0 N–H and O–H groups in total. The SMILES string of the molecule is O=[C]C=C=C=O. The molecule has 0 saturated carbocycles. The Hall–Kier alpha value is -1.10. The second-order valence-electron chi connectivity index (χ2n) is 0.509. The van der Waals surface area contributed by atoms with Gasteiger partial charge in [0.2, 0.25) is 6.29 Å². The van der Waals surface area contributed by atoms with Crippen LogP contribution in [0, 0.1) is 0 Å². The van der Waals surface area contributed by atoms with Crippen molar-refractivity contribution in [1.82, 2.24) is 0 Å². The Balaban J connectivity index is 3.79. The maximum Gasteiger partial charge on any atom is 0.234 e. The molecule has 0 unspecified atom stereocenters. The standard InChI is InChI=1S/C4HO2/c5-3-1-2-4-6/h1H. The van der Waals surface area contributed by atoms with Crippen molar-refractivity contribution >= 4 is 12.2 Å². The van der Waals surface area contributed by atoms with E-state index in [2.05, 4.69) is 0 Å². The first-order valence-electron chi connectivity index (χ1n) is 1.24. The monoisotopic (exact) mass is 81.0 g/mol. The molecule has 2 nitrogen and oxygen atoms in total. The van der Waals surface area contributed by atoms with E-state index >= 15 is 0 Å². The number of hydrogen-bond acceptors (Lipinski definition) is 2. The molecule has 0 aliphatic heterocycles. The molecule has 29 valence electrons. The first kappa shape index (κ1) is 4.90. The quantitative estimate of drug-likeness (QED) is 0.245. The summed E-state index contributed by atoms with van der Waals surface area (Å²) in [6.07, 6.45) is 2.15. The molecule has 0 aromatic heterocycles. The molecule has 0 heterocycles. The average Bonchev–Trinajstić information content (AvgIpc) is 1.61. The molecule has 0 rings (SSSR count). The number of carbonyl (C=O) groups excluding carboxylic acids is 2. The number of rotatable bonds is 1. The number of allylic oxidation sites excluding steroid dienone is 1. The van der Waals surface area contributed by atoms with Crippen molar-refractivity contribution in [2.45, 2.75) is 0 Å². The highest BCUT2D eigenvalue weighted by molar-refractivity contribution is 5.67. The van der Waals surface area contributed by atoms with Crippen LogP contribution in [0.3, 0.4) is 0 Å². The van der Waals surface area contributed by atoms with Crippen molar-refractivity contribution in [2.75, 3.05) is 0 Å². The lowest BCUT2D eigenvalue weighted by molar-refractivity contribution is 0.563. The Bertz CT molecular complexity index is 114. The summed E-state index contributed by atoms with van der Waals surface area (Å²) in [6.45, 7) is 0. The fraction of sp³-hybridized carbons (Fsp3) is 0. The van der Waals surface area contributed by atoms with E-state index < -0.39 is 0 Å². The average molecular weight is 81.0 g/mol. The van der Waals surface area contributed by atoms with Crippen LogP contribution in [-0.2, 0) is 9.59 Å². The van der Waals surface area contributed by atoms with Crippen molar-refractivity contribution in [3.8, 4) is 0 Å². The molecule has 0 saturated heterocycles. The number of hydrogen-bond donors (Lipinski definition) is 0. The smallest absolute Gasteiger partial charge is 0.234 e. The summed E-state index contributed by atoms with van der Waals surface area (Å²) in [7, 11) is 0.